The molecule has 3 heterocycles. The van der Waals surface area contributed by atoms with Crippen molar-refractivity contribution in [1.29, 1.82) is 0 Å². The quantitative estimate of drug-likeness (QED) is 0.624. The topological polar surface area (TPSA) is 94.2 Å². The van der Waals surface area contributed by atoms with Crippen molar-refractivity contribution < 1.29 is 9.59 Å². The predicted octanol–water partition coefficient (Wildman–Crippen LogP) is 1.84. The Morgan fingerprint density at radius 2 is 2.00 bits per heavy atom. The number of aromatic amines is 1. The minimum absolute atomic E-state index is 0.124. The molecule has 2 amide bonds. The number of amides is 2. The molecule has 1 saturated heterocycles. The number of benzene rings is 1. The van der Waals surface area contributed by atoms with Crippen molar-refractivity contribution in [3.8, 4) is 0 Å². The zero-order valence-corrected chi connectivity index (χ0v) is 16.4. The molecule has 0 unspecified atom stereocenters. The Balaban J connectivity index is 1.40. The Bertz CT molecular complexity index is 1020. The van der Waals surface area contributed by atoms with Crippen LogP contribution in [0.5, 0.6) is 0 Å². The summed E-state index contributed by atoms with van der Waals surface area (Å²) in [4.78, 5) is 39.2. The van der Waals surface area contributed by atoms with E-state index in [-0.39, 0.29) is 5.91 Å². The summed E-state index contributed by atoms with van der Waals surface area (Å²) in [7, 11) is 0. The molecule has 4 rings (SSSR count). The van der Waals surface area contributed by atoms with Gasteiger partial charge in [-0.05, 0) is 31.0 Å². The number of nitrogens with one attached hydrogen (secondary N) is 2. The molecule has 0 radical (unpaired) electrons. The monoisotopic (exact) mass is 392 g/mol. The van der Waals surface area contributed by atoms with E-state index >= 15 is 0 Å². The van der Waals surface area contributed by atoms with Crippen LogP contribution in [0, 0.1) is 6.92 Å². The predicted molar refractivity (Wildman–Crippen MR) is 111 cm³/mol. The fourth-order valence-electron chi connectivity index (χ4n) is 3.60. The second kappa shape index (κ2) is 8.30. The molecule has 8 heteroatoms. The van der Waals surface area contributed by atoms with Gasteiger partial charge in [0.1, 0.15) is 5.69 Å². The van der Waals surface area contributed by atoms with Crippen LogP contribution in [0.1, 0.15) is 21.7 Å². The van der Waals surface area contributed by atoms with Gasteiger partial charge in [0.15, 0.2) is 0 Å². The van der Waals surface area contributed by atoms with E-state index in [1.165, 1.54) is 10.9 Å². The summed E-state index contributed by atoms with van der Waals surface area (Å²) < 4.78 is 0. The first-order chi connectivity index (χ1) is 14.1. The van der Waals surface area contributed by atoms with Crippen LogP contribution in [0.25, 0.3) is 10.9 Å². The number of carbonyl (C=O) groups is 2. The third-order valence-electron chi connectivity index (χ3n) is 5.18. The van der Waals surface area contributed by atoms with Crippen LogP contribution < -0.4 is 5.32 Å². The molecule has 0 bridgehead atoms. The van der Waals surface area contributed by atoms with E-state index in [9.17, 15) is 9.59 Å². The fraction of sp³-hybridized carbons (Fsp3) is 0.333. The molecule has 150 valence electrons. The summed E-state index contributed by atoms with van der Waals surface area (Å²) in [6.45, 7) is 4.66. The number of anilines is 1. The Kier molecular flexibility index (Phi) is 5.41. The molecule has 0 spiro atoms. The van der Waals surface area contributed by atoms with Crippen molar-refractivity contribution in [3.63, 3.8) is 0 Å². The van der Waals surface area contributed by atoms with Crippen molar-refractivity contribution in [2.24, 2.45) is 0 Å². The van der Waals surface area contributed by atoms with Crippen molar-refractivity contribution in [2.45, 2.75) is 13.3 Å². The highest BCUT2D eigenvalue weighted by Crippen LogP contribution is 2.18. The number of fused-ring (bicyclic) bond motifs is 1. The number of aryl methyl sites for hydroxylation is 1. The summed E-state index contributed by atoms with van der Waals surface area (Å²) in [6.07, 6.45) is 3.67. The summed E-state index contributed by atoms with van der Waals surface area (Å²) in [5.74, 6) is 0.334. The van der Waals surface area contributed by atoms with E-state index in [4.69, 9.17) is 0 Å². The molecular weight excluding hydrogens is 368 g/mol. The van der Waals surface area contributed by atoms with Gasteiger partial charge in [-0.15, -0.1) is 0 Å². The van der Waals surface area contributed by atoms with Crippen LogP contribution in [0.3, 0.4) is 0 Å². The van der Waals surface area contributed by atoms with Crippen molar-refractivity contribution in [1.82, 2.24) is 24.8 Å². The summed E-state index contributed by atoms with van der Waals surface area (Å²) >= 11 is 0. The van der Waals surface area contributed by atoms with Gasteiger partial charge in [0.25, 0.3) is 5.91 Å². The van der Waals surface area contributed by atoms with E-state index < -0.39 is 0 Å². The molecule has 29 heavy (non-hydrogen) atoms. The van der Waals surface area contributed by atoms with Gasteiger partial charge in [0.05, 0.1) is 0 Å². The minimum Gasteiger partial charge on any atom is -0.361 e. The third kappa shape index (κ3) is 4.21. The summed E-state index contributed by atoms with van der Waals surface area (Å²) in [5.41, 5.74) is 3.47. The molecule has 1 fully saturated rings. The second-order valence-electron chi connectivity index (χ2n) is 7.19. The molecular formula is C21H24N6O2. The molecule has 0 atom stereocenters. The van der Waals surface area contributed by atoms with Crippen LogP contribution >= 0.6 is 0 Å². The lowest BCUT2D eigenvalue weighted by Crippen LogP contribution is -2.48. The number of nitrogens with zero attached hydrogens (tertiary/aromatic N) is 4. The van der Waals surface area contributed by atoms with E-state index in [1.807, 2.05) is 25.3 Å². The van der Waals surface area contributed by atoms with Crippen molar-refractivity contribution in [3.05, 3.63) is 53.5 Å². The number of hydrogen-bond donors (Lipinski definition) is 2. The SMILES string of the molecule is Cc1cc(C(=O)N2CCN(C=O)CC2)nc(NCCc2c[nH]c3ccccc23)n1. The molecule has 1 aliphatic heterocycles. The average Bonchev–Trinajstić information content (AvgIpc) is 3.16. The molecule has 2 aromatic heterocycles. The zero-order valence-electron chi connectivity index (χ0n) is 16.4. The van der Waals surface area contributed by atoms with E-state index in [0.717, 1.165) is 24.0 Å². The highest BCUT2D eigenvalue weighted by molar-refractivity contribution is 5.92. The molecule has 0 aliphatic carbocycles. The lowest BCUT2D eigenvalue weighted by atomic mass is 10.1. The molecule has 1 aromatic carbocycles. The smallest absolute Gasteiger partial charge is 0.272 e. The minimum atomic E-state index is -0.124. The molecule has 8 nitrogen and oxygen atoms in total. The average molecular weight is 392 g/mol. The first-order valence-corrected chi connectivity index (χ1v) is 9.77. The van der Waals surface area contributed by atoms with Crippen LogP contribution in [0.15, 0.2) is 36.5 Å². The molecule has 0 saturated carbocycles. The highest BCUT2D eigenvalue weighted by Gasteiger charge is 2.23. The van der Waals surface area contributed by atoms with E-state index in [2.05, 4.69) is 32.4 Å². The Morgan fingerprint density at radius 3 is 2.79 bits per heavy atom. The van der Waals surface area contributed by atoms with Crippen LogP contribution in [-0.2, 0) is 11.2 Å². The van der Waals surface area contributed by atoms with Crippen LogP contribution in [0.4, 0.5) is 5.95 Å². The fourth-order valence-corrected chi connectivity index (χ4v) is 3.60. The Morgan fingerprint density at radius 1 is 1.21 bits per heavy atom. The standard InChI is InChI=1S/C21H24N6O2/c1-15-12-19(20(29)27-10-8-26(14-28)9-11-27)25-21(24-15)22-7-6-16-13-23-18-5-3-2-4-17(16)18/h2-5,12-14,23H,6-11H2,1H3,(H,22,24,25). The van der Waals surface area contributed by atoms with Gasteiger partial charge in [-0.1, -0.05) is 18.2 Å². The number of hydrogen-bond acceptors (Lipinski definition) is 5. The van der Waals surface area contributed by atoms with Crippen LogP contribution in [0.2, 0.25) is 0 Å². The van der Waals surface area contributed by atoms with Gasteiger partial charge in [-0.2, -0.15) is 0 Å². The van der Waals surface area contributed by atoms with Crippen LogP contribution in [-0.4, -0.2) is 69.8 Å². The van der Waals surface area contributed by atoms with Gasteiger partial charge in [-0.25, -0.2) is 9.97 Å². The second-order valence-corrected chi connectivity index (χ2v) is 7.19. The number of piperazine rings is 1. The Labute approximate surface area is 168 Å². The van der Waals surface area contributed by atoms with E-state index in [0.29, 0.717) is 44.4 Å². The highest BCUT2D eigenvalue weighted by atomic mass is 16.2. The van der Waals surface area contributed by atoms with E-state index in [1.54, 1.807) is 15.9 Å². The van der Waals surface area contributed by atoms with Gasteiger partial charge in [0, 0.05) is 55.5 Å². The van der Waals surface area contributed by atoms with Gasteiger partial charge in [0.2, 0.25) is 12.4 Å². The summed E-state index contributed by atoms with van der Waals surface area (Å²) in [5, 5.41) is 4.45. The lowest BCUT2D eigenvalue weighted by Gasteiger charge is -2.32. The first-order valence-electron chi connectivity index (χ1n) is 9.77. The van der Waals surface area contributed by atoms with Gasteiger partial charge in [-0.3, -0.25) is 9.59 Å². The zero-order chi connectivity index (χ0) is 20.2. The van der Waals surface area contributed by atoms with Gasteiger partial charge < -0.3 is 20.1 Å². The molecule has 1 aliphatic rings. The molecule has 2 N–H and O–H groups in total. The number of para-hydroxylation sites is 1. The lowest BCUT2D eigenvalue weighted by molar-refractivity contribution is -0.119. The summed E-state index contributed by atoms with van der Waals surface area (Å²) in [6, 6.07) is 9.91. The largest absolute Gasteiger partial charge is 0.361 e. The number of carbonyl (C=O) groups excluding carboxylic acids is 2. The number of H-pyrrole nitrogens is 1. The normalized spacial score (nSPS) is 14.2. The maximum absolute atomic E-state index is 12.8. The molecule has 3 aromatic rings. The maximum atomic E-state index is 12.8. The Hall–Kier alpha value is -3.42. The van der Waals surface area contributed by atoms with Gasteiger partial charge >= 0.3 is 0 Å². The first kappa shape index (κ1) is 18.9. The number of rotatable bonds is 6. The maximum Gasteiger partial charge on any atom is 0.272 e. The van der Waals surface area contributed by atoms with Crippen molar-refractivity contribution >= 4 is 29.2 Å². The number of aromatic nitrogens is 3. The third-order valence-corrected chi connectivity index (χ3v) is 5.18. The van der Waals surface area contributed by atoms with Crippen molar-refractivity contribution in [2.75, 3.05) is 38.0 Å².